The van der Waals surface area contributed by atoms with Crippen LogP contribution in [0.15, 0.2) is 24.3 Å². The van der Waals surface area contributed by atoms with Crippen molar-refractivity contribution in [2.75, 3.05) is 44.2 Å². The molecule has 1 aliphatic heterocycles. The van der Waals surface area contributed by atoms with E-state index in [-0.39, 0.29) is 25.0 Å². The van der Waals surface area contributed by atoms with E-state index in [0.29, 0.717) is 49.7 Å². The molecule has 0 atom stereocenters. The largest absolute Gasteiger partial charge is 0.465 e. The van der Waals surface area contributed by atoms with Crippen LogP contribution in [0.3, 0.4) is 0 Å². The number of urea groups is 1. The number of anilines is 1. The van der Waals surface area contributed by atoms with Crippen molar-refractivity contribution in [3.63, 3.8) is 0 Å². The number of amides is 2. The Labute approximate surface area is 196 Å². The van der Waals surface area contributed by atoms with Gasteiger partial charge in [0.1, 0.15) is 12.4 Å². The first kappa shape index (κ1) is 25.3. The van der Waals surface area contributed by atoms with Crippen molar-refractivity contribution in [3.05, 3.63) is 41.1 Å². The van der Waals surface area contributed by atoms with E-state index in [1.54, 1.807) is 17.9 Å². The number of hydrogen-bond acceptors (Lipinski definition) is 6. The molecule has 1 aromatic carbocycles. The molecule has 184 valence electrons. The predicted molar refractivity (Wildman–Crippen MR) is 120 cm³/mol. The standard InChI is InChI=1S/C23H28F3N5O3/c1-4-18-15(3)28-20(16-7-6-8-17(13-16)23(24,25)26)29-21(18)30-9-11-31(12-10-30)22(33)27-14-19(32)34-5-2/h6-8,13H,4-5,9-12,14H2,1-3H3,(H,27,33). The van der Waals surface area contributed by atoms with Gasteiger partial charge in [0.2, 0.25) is 0 Å². The van der Waals surface area contributed by atoms with Gasteiger partial charge in [-0.25, -0.2) is 14.8 Å². The van der Waals surface area contributed by atoms with Crippen LogP contribution in [-0.4, -0.2) is 66.2 Å². The Morgan fingerprint density at radius 1 is 1.12 bits per heavy atom. The number of benzene rings is 1. The second-order valence-corrected chi connectivity index (χ2v) is 7.80. The molecule has 0 unspecified atom stereocenters. The van der Waals surface area contributed by atoms with E-state index < -0.39 is 17.7 Å². The first-order valence-electron chi connectivity index (χ1n) is 11.1. The molecule has 8 nitrogen and oxygen atoms in total. The highest BCUT2D eigenvalue weighted by molar-refractivity contribution is 5.81. The second-order valence-electron chi connectivity index (χ2n) is 7.80. The second kappa shape index (κ2) is 10.7. The van der Waals surface area contributed by atoms with Gasteiger partial charge in [0.25, 0.3) is 0 Å². The molecule has 3 rings (SSSR count). The maximum absolute atomic E-state index is 13.2. The molecule has 1 fully saturated rings. The smallest absolute Gasteiger partial charge is 0.416 e. The molecule has 1 aliphatic rings. The lowest BCUT2D eigenvalue weighted by molar-refractivity contribution is -0.142. The molecule has 34 heavy (non-hydrogen) atoms. The van der Waals surface area contributed by atoms with Crippen LogP contribution in [0.25, 0.3) is 11.4 Å². The van der Waals surface area contributed by atoms with Gasteiger partial charge in [-0.1, -0.05) is 19.1 Å². The highest BCUT2D eigenvalue weighted by Crippen LogP contribution is 2.32. The number of piperazine rings is 1. The van der Waals surface area contributed by atoms with Crippen molar-refractivity contribution in [2.45, 2.75) is 33.4 Å². The van der Waals surface area contributed by atoms with E-state index in [2.05, 4.69) is 15.3 Å². The van der Waals surface area contributed by atoms with Crippen LogP contribution in [0, 0.1) is 6.92 Å². The van der Waals surface area contributed by atoms with E-state index >= 15 is 0 Å². The maximum atomic E-state index is 13.2. The number of carbonyl (C=O) groups is 2. The fraction of sp³-hybridized carbons (Fsp3) is 0.478. The van der Waals surface area contributed by atoms with E-state index in [9.17, 15) is 22.8 Å². The number of alkyl halides is 3. The van der Waals surface area contributed by atoms with Gasteiger partial charge in [-0.15, -0.1) is 0 Å². The van der Waals surface area contributed by atoms with Crippen molar-refractivity contribution in [1.29, 1.82) is 0 Å². The van der Waals surface area contributed by atoms with Crippen LogP contribution < -0.4 is 10.2 Å². The van der Waals surface area contributed by atoms with Gasteiger partial charge in [0.05, 0.1) is 12.2 Å². The minimum absolute atomic E-state index is 0.196. The van der Waals surface area contributed by atoms with Crippen molar-refractivity contribution in [3.8, 4) is 11.4 Å². The van der Waals surface area contributed by atoms with Crippen LogP contribution in [0.2, 0.25) is 0 Å². The highest BCUT2D eigenvalue weighted by atomic mass is 19.4. The fourth-order valence-corrected chi connectivity index (χ4v) is 3.81. The number of rotatable bonds is 6. The number of esters is 1. The van der Waals surface area contributed by atoms with Crippen molar-refractivity contribution < 1.29 is 27.5 Å². The zero-order valence-electron chi connectivity index (χ0n) is 19.4. The van der Waals surface area contributed by atoms with E-state index in [1.165, 1.54) is 6.07 Å². The fourth-order valence-electron chi connectivity index (χ4n) is 3.81. The van der Waals surface area contributed by atoms with Crippen LogP contribution >= 0.6 is 0 Å². The van der Waals surface area contributed by atoms with Gasteiger partial charge < -0.3 is 19.9 Å². The Morgan fingerprint density at radius 2 is 1.82 bits per heavy atom. The SMILES string of the molecule is CCOC(=O)CNC(=O)N1CCN(c2nc(-c3cccc(C(F)(F)F)c3)nc(C)c2CC)CC1. The van der Waals surface area contributed by atoms with Crippen LogP contribution in [0.1, 0.15) is 30.7 Å². The van der Waals surface area contributed by atoms with Crippen molar-refractivity contribution in [1.82, 2.24) is 20.2 Å². The molecule has 11 heteroatoms. The molecule has 2 heterocycles. The van der Waals surface area contributed by atoms with Crippen LogP contribution in [0.5, 0.6) is 0 Å². The Morgan fingerprint density at radius 3 is 2.44 bits per heavy atom. The predicted octanol–water partition coefficient (Wildman–Crippen LogP) is 3.43. The lowest BCUT2D eigenvalue weighted by Gasteiger charge is -2.36. The molecule has 0 bridgehead atoms. The average molecular weight is 480 g/mol. The summed E-state index contributed by atoms with van der Waals surface area (Å²) in [5, 5.41) is 2.55. The third kappa shape index (κ3) is 5.95. The summed E-state index contributed by atoms with van der Waals surface area (Å²) >= 11 is 0. The Hall–Kier alpha value is -3.37. The van der Waals surface area contributed by atoms with Crippen molar-refractivity contribution >= 4 is 17.8 Å². The molecular formula is C23H28F3N5O3. The molecule has 1 saturated heterocycles. The highest BCUT2D eigenvalue weighted by Gasteiger charge is 2.31. The summed E-state index contributed by atoms with van der Waals surface area (Å²) in [5.74, 6) is 0.389. The number of aryl methyl sites for hydroxylation is 1. The van der Waals surface area contributed by atoms with Crippen LogP contribution in [0.4, 0.5) is 23.8 Å². The van der Waals surface area contributed by atoms with E-state index in [4.69, 9.17) is 4.74 Å². The summed E-state index contributed by atoms with van der Waals surface area (Å²) in [6, 6.07) is 4.62. The average Bonchev–Trinajstić information content (AvgIpc) is 2.82. The summed E-state index contributed by atoms with van der Waals surface area (Å²) in [5.41, 5.74) is 1.15. The summed E-state index contributed by atoms with van der Waals surface area (Å²) in [6.07, 6.45) is -3.80. The number of halogens is 3. The lowest BCUT2D eigenvalue weighted by Crippen LogP contribution is -2.53. The molecule has 1 N–H and O–H groups in total. The molecule has 1 aromatic heterocycles. The van der Waals surface area contributed by atoms with Gasteiger partial charge in [-0.3, -0.25) is 4.79 Å². The summed E-state index contributed by atoms with van der Waals surface area (Å²) < 4.78 is 44.3. The normalized spacial score (nSPS) is 14.2. The Kier molecular flexibility index (Phi) is 7.95. The van der Waals surface area contributed by atoms with E-state index in [1.807, 2.05) is 18.7 Å². The molecule has 2 aromatic rings. The van der Waals surface area contributed by atoms with Gasteiger partial charge in [-0.2, -0.15) is 13.2 Å². The molecule has 0 spiro atoms. The molecular weight excluding hydrogens is 451 g/mol. The number of hydrogen-bond donors (Lipinski definition) is 1. The number of aromatic nitrogens is 2. The summed E-state index contributed by atoms with van der Waals surface area (Å²) in [4.78, 5) is 36.5. The first-order chi connectivity index (χ1) is 16.1. The monoisotopic (exact) mass is 479 g/mol. The minimum atomic E-state index is -4.46. The number of nitrogens with one attached hydrogen (secondary N) is 1. The maximum Gasteiger partial charge on any atom is 0.416 e. The number of nitrogens with zero attached hydrogens (tertiary/aromatic N) is 4. The number of ether oxygens (including phenoxy) is 1. The first-order valence-corrected chi connectivity index (χ1v) is 11.1. The molecule has 0 aliphatic carbocycles. The molecule has 0 radical (unpaired) electrons. The Bertz CT molecular complexity index is 1040. The van der Waals surface area contributed by atoms with E-state index in [0.717, 1.165) is 17.7 Å². The van der Waals surface area contributed by atoms with Crippen molar-refractivity contribution in [2.24, 2.45) is 0 Å². The summed E-state index contributed by atoms with van der Waals surface area (Å²) in [7, 11) is 0. The molecule has 2 amide bonds. The minimum Gasteiger partial charge on any atom is -0.465 e. The zero-order chi connectivity index (χ0) is 24.9. The molecule has 0 saturated carbocycles. The topological polar surface area (TPSA) is 87.7 Å². The zero-order valence-corrected chi connectivity index (χ0v) is 19.4. The Balaban J connectivity index is 1.77. The van der Waals surface area contributed by atoms with Gasteiger partial charge in [0, 0.05) is 43.0 Å². The number of carbonyl (C=O) groups excluding carboxylic acids is 2. The van der Waals surface area contributed by atoms with Crippen LogP contribution in [-0.2, 0) is 22.1 Å². The lowest BCUT2D eigenvalue weighted by atomic mass is 10.1. The third-order valence-corrected chi connectivity index (χ3v) is 5.55. The summed E-state index contributed by atoms with van der Waals surface area (Å²) in [6.45, 7) is 7.30. The van der Waals surface area contributed by atoms with Gasteiger partial charge in [0.15, 0.2) is 5.82 Å². The third-order valence-electron chi connectivity index (χ3n) is 5.55. The van der Waals surface area contributed by atoms with Gasteiger partial charge >= 0.3 is 18.2 Å². The quantitative estimate of drug-likeness (QED) is 0.639. The van der Waals surface area contributed by atoms with Gasteiger partial charge in [-0.05, 0) is 32.4 Å².